The van der Waals surface area contributed by atoms with Crippen LogP contribution < -0.4 is 18.8 Å². The van der Waals surface area contributed by atoms with Gasteiger partial charge in [-0.2, -0.15) is 0 Å². The molecule has 0 bridgehead atoms. The van der Waals surface area contributed by atoms with Gasteiger partial charge in [-0.1, -0.05) is 0 Å². The van der Waals surface area contributed by atoms with Crippen molar-refractivity contribution in [1.82, 2.24) is 0 Å². The fraction of sp³-hybridized carbons (Fsp3) is 0. The summed E-state index contributed by atoms with van der Waals surface area (Å²) < 4.78 is 0. The molecule has 0 atom stereocenters. The van der Waals surface area contributed by atoms with E-state index in [1.165, 1.54) is 0 Å². The molecule has 0 fully saturated rings. The van der Waals surface area contributed by atoms with Gasteiger partial charge < -0.3 is 18.8 Å². The molecule has 0 N–H and O–H groups in total. The van der Waals surface area contributed by atoms with Crippen LogP contribution in [0.5, 0.6) is 0 Å². The maximum atomic E-state index is 0. The molecule has 5 heteroatoms. The smallest absolute Gasteiger partial charge is 1.00 e. The van der Waals surface area contributed by atoms with E-state index < -0.39 is 0 Å². The Hall–Kier alpha value is 0.369. The van der Waals surface area contributed by atoms with Gasteiger partial charge in [-0.3, -0.25) is 0 Å². The Morgan fingerprint density at radius 3 is 0.400 bits per heavy atom. The van der Waals surface area contributed by atoms with Gasteiger partial charge >= 0.3 is 20.1 Å². The third kappa shape index (κ3) is 180. The van der Waals surface area contributed by atoms with E-state index in [0.29, 0.717) is 0 Å². The first kappa shape index (κ1) is 751. The summed E-state index contributed by atoms with van der Waals surface area (Å²) in [5.74, 6) is 0. The van der Waals surface area contributed by atoms with Crippen LogP contribution in [-0.2, 0) is 20.1 Å². The summed E-state index contributed by atoms with van der Waals surface area (Å²) in [7, 11) is 0. The van der Waals surface area contributed by atoms with Crippen LogP contribution in [0.2, 0.25) is 0 Å². The quantitative estimate of drug-likeness (QED) is 0.383. The first-order valence-electron chi connectivity index (χ1n) is 0. The number of rotatable bonds is 0. The fourth-order valence-corrected chi connectivity index (χ4v) is 0. The first-order valence-corrected chi connectivity index (χ1v) is 0. The van der Waals surface area contributed by atoms with Crippen molar-refractivity contribution in [3.63, 3.8) is 0 Å². The number of halogens is 4. The molecule has 0 aromatic heterocycles. The molecule has 0 spiro atoms. The largest absolute Gasteiger partial charge is 4.00 e. The van der Waals surface area contributed by atoms with Crippen molar-refractivity contribution in [2.75, 3.05) is 0 Å². The Bertz CT molecular complexity index is 3.61. The Morgan fingerprint density at radius 1 is 0.400 bits per heavy atom. The van der Waals surface area contributed by atoms with Crippen molar-refractivity contribution in [3.05, 3.63) is 0 Å². The second-order valence-electron chi connectivity index (χ2n) is 0. The zero-order valence-corrected chi connectivity index (χ0v) is 4.24. The van der Waals surface area contributed by atoms with Gasteiger partial charge in [0.15, 0.2) is 0 Å². The summed E-state index contributed by atoms with van der Waals surface area (Å²) in [6.07, 6.45) is 0. The molecule has 0 aliphatic rings. The molecular formula is F4Ir. The van der Waals surface area contributed by atoms with Crippen LogP contribution in [-0.4, -0.2) is 0 Å². The summed E-state index contributed by atoms with van der Waals surface area (Å²) in [6.45, 7) is 0. The zero-order valence-electron chi connectivity index (χ0n) is 1.85. The van der Waals surface area contributed by atoms with Crippen molar-refractivity contribution in [2.45, 2.75) is 0 Å². The summed E-state index contributed by atoms with van der Waals surface area (Å²) in [6, 6.07) is 0. The van der Waals surface area contributed by atoms with Gasteiger partial charge in [0.05, 0.1) is 0 Å². The molecule has 0 heterocycles. The van der Waals surface area contributed by atoms with Crippen molar-refractivity contribution < 1.29 is 38.9 Å². The second kappa shape index (κ2) is 364. The van der Waals surface area contributed by atoms with E-state index in [4.69, 9.17) is 0 Å². The van der Waals surface area contributed by atoms with E-state index in [2.05, 4.69) is 0 Å². The zero-order chi connectivity index (χ0) is 0. The third-order valence-electron chi connectivity index (χ3n) is 0. The molecule has 0 saturated carbocycles. The van der Waals surface area contributed by atoms with Gasteiger partial charge in [0, 0.05) is 0 Å². The maximum Gasteiger partial charge on any atom is 4.00 e. The topological polar surface area (TPSA) is 0 Å². The minimum absolute atomic E-state index is 0. The van der Waals surface area contributed by atoms with Crippen LogP contribution in [0.1, 0.15) is 0 Å². The normalized spacial score (nSPS) is 0. The summed E-state index contributed by atoms with van der Waals surface area (Å²) in [5.41, 5.74) is 0. The average molecular weight is 268 g/mol. The Balaban J connectivity index is 0. The fourth-order valence-electron chi connectivity index (χ4n) is 0. The van der Waals surface area contributed by atoms with Gasteiger partial charge in [0.25, 0.3) is 0 Å². The van der Waals surface area contributed by atoms with Crippen LogP contribution in [0, 0.1) is 0 Å². The van der Waals surface area contributed by atoms with E-state index >= 15 is 0 Å². The van der Waals surface area contributed by atoms with Crippen LogP contribution >= 0.6 is 0 Å². The van der Waals surface area contributed by atoms with Crippen molar-refractivity contribution in [1.29, 1.82) is 0 Å². The molecule has 0 aromatic carbocycles. The number of hydrogen-bond donors (Lipinski definition) is 0. The molecule has 0 aliphatic heterocycles. The minimum Gasteiger partial charge on any atom is -1.00 e. The molecule has 0 unspecified atom stereocenters. The second-order valence-corrected chi connectivity index (χ2v) is 0. The Morgan fingerprint density at radius 2 is 0.400 bits per heavy atom. The molecule has 1 radical (unpaired) electrons. The molecule has 0 rings (SSSR count). The molecule has 0 saturated heterocycles. The molecule has 0 amide bonds. The standard InChI is InChI=1S/4FH.Ir/h4*1H;/q;;;;+4/p-4. The predicted octanol–water partition coefficient (Wildman–Crippen LogP) is -12.0. The van der Waals surface area contributed by atoms with Crippen LogP contribution in [0.4, 0.5) is 0 Å². The first-order chi connectivity index (χ1) is 0. The predicted molar refractivity (Wildman–Crippen MR) is 0 cm³/mol. The van der Waals surface area contributed by atoms with Gasteiger partial charge in [-0.25, -0.2) is 0 Å². The van der Waals surface area contributed by atoms with Gasteiger partial charge in [0.1, 0.15) is 0 Å². The molecular weight excluding hydrogens is 268 g/mol. The summed E-state index contributed by atoms with van der Waals surface area (Å²) in [5, 5.41) is 0. The van der Waals surface area contributed by atoms with E-state index in [-0.39, 0.29) is 38.9 Å². The van der Waals surface area contributed by atoms with E-state index in [9.17, 15) is 0 Å². The van der Waals surface area contributed by atoms with Crippen molar-refractivity contribution in [3.8, 4) is 0 Å². The van der Waals surface area contributed by atoms with Crippen LogP contribution in [0.3, 0.4) is 0 Å². The maximum absolute atomic E-state index is 0. The van der Waals surface area contributed by atoms with Crippen LogP contribution in [0.15, 0.2) is 0 Å². The monoisotopic (exact) mass is 269 g/mol. The van der Waals surface area contributed by atoms with Crippen molar-refractivity contribution in [2.24, 2.45) is 0 Å². The SMILES string of the molecule is [F-].[F-].[F-].[F-].[Ir+4]. The number of hydrogen-bond acceptors (Lipinski definition) is 0. The Labute approximate surface area is 39.8 Å². The van der Waals surface area contributed by atoms with Gasteiger partial charge in [0.2, 0.25) is 0 Å². The molecule has 37 valence electrons. The van der Waals surface area contributed by atoms with Crippen LogP contribution in [0.25, 0.3) is 0 Å². The van der Waals surface area contributed by atoms with Crippen molar-refractivity contribution >= 4 is 0 Å². The minimum atomic E-state index is 0. The van der Waals surface area contributed by atoms with Gasteiger partial charge in [-0.05, 0) is 0 Å². The van der Waals surface area contributed by atoms with E-state index in [1.54, 1.807) is 0 Å². The summed E-state index contributed by atoms with van der Waals surface area (Å²) >= 11 is 0. The Kier molecular flexibility index (Phi) is 54600. The summed E-state index contributed by atoms with van der Waals surface area (Å²) in [4.78, 5) is 0. The average Bonchev–Trinajstić information content (AvgIpc) is 0. The third-order valence-corrected chi connectivity index (χ3v) is 0. The molecule has 0 aliphatic carbocycles. The van der Waals surface area contributed by atoms with E-state index in [1.807, 2.05) is 0 Å². The molecule has 5 heavy (non-hydrogen) atoms. The van der Waals surface area contributed by atoms with E-state index in [0.717, 1.165) is 0 Å². The molecule has 0 aromatic rings. The molecule has 0 nitrogen and oxygen atoms in total. The van der Waals surface area contributed by atoms with Gasteiger partial charge in [-0.15, -0.1) is 0 Å².